The van der Waals surface area contributed by atoms with E-state index in [2.05, 4.69) is 17.0 Å². The van der Waals surface area contributed by atoms with E-state index in [9.17, 15) is 8.42 Å². The number of hydrogen-bond donors (Lipinski definition) is 2. The fourth-order valence-corrected chi connectivity index (χ4v) is 3.67. The summed E-state index contributed by atoms with van der Waals surface area (Å²) in [6.45, 7) is 3.02. The van der Waals surface area contributed by atoms with Crippen molar-refractivity contribution in [2.75, 3.05) is 12.8 Å². The van der Waals surface area contributed by atoms with Gasteiger partial charge in [-0.1, -0.05) is 80.4 Å². The topological polar surface area (TPSA) is 58.2 Å². The largest absolute Gasteiger partial charge is 0.308 e. The van der Waals surface area contributed by atoms with Gasteiger partial charge in [-0.25, -0.2) is 13.1 Å². The normalized spacial score (nSPS) is 14.2. The Kier molecular flexibility index (Phi) is 7.62. The van der Waals surface area contributed by atoms with Gasteiger partial charge >= 0.3 is 0 Å². The van der Waals surface area contributed by atoms with Gasteiger partial charge in [0.05, 0.1) is 18.3 Å². The molecule has 0 fully saturated rings. The van der Waals surface area contributed by atoms with Crippen LogP contribution in [0.4, 0.5) is 0 Å². The lowest BCUT2D eigenvalue weighted by molar-refractivity contribution is 0.418. The van der Waals surface area contributed by atoms with Crippen molar-refractivity contribution in [3.63, 3.8) is 0 Å². The second-order valence-electron chi connectivity index (χ2n) is 6.33. The Morgan fingerprint density at radius 3 is 1.84 bits per heavy atom. The van der Waals surface area contributed by atoms with Gasteiger partial charge in [0.25, 0.3) is 0 Å². The molecule has 0 aliphatic carbocycles. The molecule has 136 valence electrons. The lowest BCUT2D eigenvalue weighted by Crippen LogP contribution is -2.38. The van der Waals surface area contributed by atoms with Crippen LogP contribution < -0.4 is 10.0 Å². The third-order valence-corrected chi connectivity index (χ3v) is 4.82. The fraction of sp³-hybridized carbons (Fsp3) is 0.400. The Bertz CT molecular complexity index is 718. The van der Waals surface area contributed by atoms with E-state index < -0.39 is 10.0 Å². The van der Waals surface area contributed by atoms with Crippen LogP contribution in [-0.4, -0.2) is 21.2 Å². The molecule has 0 heterocycles. The molecule has 0 saturated carbocycles. The van der Waals surface area contributed by atoms with E-state index >= 15 is 0 Å². The summed E-state index contributed by atoms with van der Waals surface area (Å²) in [5.74, 6) is 0. The van der Waals surface area contributed by atoms with Crippen LogP contribution in [0.25, 0.3) is 0 Å². The Morgan fingerprint density at radius 2 is 1.36 bits per heavy atom. The number of unbranched alkanes of at least 4 members (excludes halogenated alkanes) is 2. The highest BCUT2D eigenvalue weighted by Crippen LogP contribution is 2.29. The van der Waals surface area contributed by atoms with Gasteiger partial charge < -0.3 is 5.32 Å². The number of hydrogen-bond acceptors (Lipinski definition) is 3. The first-order chi connectivity index (χ1) is 12.0. The van der Waals surface area contributed by atoms with Crippen LogP contribution >= 0.6 is 0 Å². The summed E-state index contributed by atoms with van der Waals surface area (Å²) in [5.41, 5.74) is 2.02. The van der Waals surface area contributed by atoms with Crippen molar-refractivity contribution in [2.45, 2.75) is 38.3 Å². The predicted molar refractivity (Wildman–Crippen MR) is 104 cm³/mol. The molecule has 0 bridgehead atoms. The molecule has 0 radical (unpaired) electrons. The minimum Gasteiger partial charge on any atom is -0.308 e. The third-order valence-electron chi connectivity index (χ3n) is 4.14. The maximum atomic E-state index is 12.0. The summed E-state index contributed by atoms with van der Waals surface area (Å²) >= 11 is 0. The van der Waals surface area contributed by atoms with Crippen molar-refractivity contribution in [2.24, 2.45) is 0 Å². The van der Waals surface area contributed by atoms with Crippen molar-refractivity contribution >= 4 is 10.0 Å². The SMILES string of the molecule is CCCCCN[C@@H](c1ccccc1)[C@@H](NS(C)(=O)=O)c1ccccc1. The first kappa shape index (κ1) is 19.6. The Labute approximate surface area is 151 Å². The van der Waals surface area contributed by atoms with Crippen molar-refractivity contribution in [3.05, 3.63) is 71.8 Å². The maximum Gasteiger partial charge on any atom is 0.209 e. The van der Waals surface area contributed by atoms with Gasteiger partial charge in [-0.2, -0.15) is 0 Å². The van der Waals surface area contributed by atoms with Gasteiger partial charge in [-0.15, -0.1) is 0 Å². The lowest BCUT2D eigenvalue weighted by Gasteiger charge is -2.29. The third kappa shape index (κ3) is 6.61. The molecule has 0 spiro atoms. The molecule has 25 heavy (non-hydrogen) atoms. The fourth-order valence-electron chi connectivity index (χ4n) is 2.94. The molecule has 4 nitrogen and oxygen atoms in total. The van der Waals surface area contributed by atoms with Gasteiger partial charge in [0, 0.05) is 0 Å². The quantitative estimate of drug-likeness (QED) is 0.634. The molecule has 0 amide bonds. The van der Waals surface area contributed by atoms with Gasteiger partial charge in [-0.05, 0) is 24.1 Å². The zero-order valence-electron chi connectivity index (χ0n) is 15.0. The minimum absolute atomic E-state index is 0.129. The molecule has 5 heteroatoms. The molecular formula is C20H28N2O2S. The molecule has 0 aliphatic rings. The second-order valence-corrected chi connectivity index (χ2v) is 8.11. The first-order valence-electron chi connectivity index (χ1n) is 8.82. The summed E-state index contributed by atoms with van der Waals surface area (Å²) in [6, 6.07) is 19.3. The van der Waals surface area contributed by atoms with Crippen molar-refractivity contribution in [1.29, 1.82) is 0 Å². The smallest absolute Gasteiger partial charge is 0.209 e. The molecule has 0 unspecified atom stereocenters. The highest BCUT2D eigenvalue weighted by Gasteiger charge is 2.26. The zero-order chi connectivity index (χ0) is 18.1. The van der Waals surface area contributed by atoms with Crippen molar-refractivity contribution in [3.8, 4) is 0 Å². The van der Waals surface area contributed by atoms with Gasteiger partial charge in [0.15, 0.2) is 0 Å². The van der Waals surface area contributed by atoms with Crippen LogP contribution in [-0.2, 0) is 10.0 Å². The van der Waals surface area contributed by atoms with Crippen LogP contribution in [0.3, 0.4) is 0 Å². The molecule has 0 saturated heterocycles. The molecule has 0 aliphatic heterocycles. The number of nitrogens with one attached hydrogen (secondary N) is 2. The maximum absolute atomic E-state index is 12.0. The first-order valence-corrected chi connectivity index (χ1v) is 10.7. The highest BCUT2D eigenvalue weighted by molar-refractivity contribution is 7.88. The Morgan fingerprint density at radius 1 is 0.840 bits per heavy atom. The van der Waals surface area contributed by atoms with E-state index in [1.54, 1.807) is 0 Å². The summed E-state index contributed by atoms with van der Waals surface area (Å²) in [7, 11) is -3.35. The predicted octanol–water partition coefficient (Wildman–Crippen LogP) is 3.80. The van der Waals surface area contributed by atoms with Crippen LogP contribution in [0.1, 0.15) is 49.4 Å². The van der Waals surface area contributed by atoms with E-state index in [4.69, 9.17) is 0 Å². The van der Waals surface area contributed by atoms with Gasteiger partial charge in [0.2, 0.25) is 10.0 Å². The molecule has 2 aromatic rings. The Balaban J connectivity index is 2.34. The van der Waals surface area contributed by atoms with Gasteiger partial charge in [-0.3, -0.25) is 0 Å². The zero-order valence-corrected chi connectivity index (χ0v) is 15.8. The van der Waals surface area contributed by atoms with Gasteiger partial charge in [0.1, 0.15) is 0 Å². The Hall–Kier alpha value is -1.69. The number of rotatable bonds is 10. The van der Waals surface area contributed by atoms with Crippen LogP contribution in [0, 0.1) is 0 Å². The van der Waals surface area contributed by atoms with Crippen molar-refractivity contribution < 1.29 is 8.42 Å². The van der Waals surface area contributed by atoms with Crippen LogP contribution in [0.15, 0.2) is 60.7 Å². The van der Waals surface area contributed by atoms with E-state index in [0.717, 1.165) is 36.9 Å². The molecule has 2 atom stereocenters. The summed E-state index contributed by atoms with van der Waals surface area (Å²) < 4.78 is 26.8. The molecular weight excluding hydrogens is 332 g/mol. The van der Waals surface area contributed by atoms with E-state index in [1.165, 1.54) is 6.26 Å². The average molecular weight is 361 g/mol. The minimum atomic E-state index is -3.35. The molecule has 0 aromatic heterocycles. The molecule has 2 N–H and O–H groups in total. The lowest BCUT2D eigenvalue weighted by atomic mass is 9.94. The molecule has 2 rings (SSSR count). The highest BCUT2D eigenvalue weighted by atomic mass is 32.2. The number of sulfonamides is 1. The number of benzene rings is 2. The standard InChI is InChI=1S/C20H28N2O2S/c1-3-4-11-16-21-19(17-12-7-5-8-13-17)20(22-25(2,23)24)18-14-9-6-10-15-18/h5-10,12-15,19-22H,3-4,11,16H2,1-2H3/t19-,20-/m0/s1. The van der Waals surface area contributed by atoms with Crippen LogP contribution in [0.2, 0.25) is 0 Å². The summed E-state index contributed by atoms with van der Waals surface area (Å²) in [4.78, 5) is 0. The summed E-state index contributed by atoms with van der Waals surface area (Å²) in [6.07, 6.45) is 4.59. The van der Waals surface area contributed by atoms with E-state index in [0.29, 0.717) is 0 Å². The molecule has 2 aromatic carbocycles. The average Bonchev–Trinajstić information content (AvgIpc) is 2.61. The van der Waals surface area contributed by atoms with Crippen molar-refractivity contribution in [1.82, 2.24) is 10.0 Å². The summed E-state index contributed by atoms with van der Waals surface area (Å²) in [5, 5.41) is 3.57. The van der Waals surface area contributed by atoms with Crippen LogP contribution in [0.5, 0.6) is 0 Å². The second kappa shape index (κ2) is 9.70. The van der Waals surface area contributed by atoms with E-state index in [1.807, 2.05) is 60.7 Å². The monoisotopic (exact) mass is 360 g/mol. The van der Waals surface area contributed by atoms with E-state index in [-0.39, 0.29) is 12.1 Å².